The van der Waals surface area contributed by atoms with Gasteiger partial charge >= 0.3 is 0 Å². The molecule has 0 aromatic heterocycles. The molecule has 3 N–H and O–H groups in total. The summed E-state index contributed by atoms with van der Waals surface area (Å²) in [5.74, 6) is 0.155. The highest BCUT2D eigenvalue weighted by Gasteiger charge is 2.15. The third-order valence-corrected chi connectivity index (χ3v) is 2.10. The molecule has 84 valence electrons. The lowest BCUT2D eigenvalue weighted by Crippen LogP contribution is -2.44. The van der Waals surface area contributed by atoms with Gasteiger partial charge in [-0.25, -0.2) is 0 Å². The van der Waals surface area contributed by atoms with E-state index in [0.717, 1.165) is 13.0 Å². The molecule has 4 nitrogen and oxygen atoms in total. The Morgan fingerprint density at radius 1 is 1.43 bits per heavy atom. The Kier molecular flexibility index (Phi) is 6.49. The zero-order valence-corrected chi connectivity index (χ0v) is 9.71. The minimum absolute atomic E-state index is 0.0428. The van der Waals surface area contributed by atoms with Gasteiger partial charge in [0, 0.05) is 6.54 Å². The zero-order chi connectivity index (χ0) is 11.1. The number of nitrogens with zero attached hydrogens (tertiary/aromatic N) is 1. The summed E-state index contributed by atoms with van der Waals surface area (Å²) in [6.45, 7) is 5.59. The van der Waals surface area contributed by atoms with Gasteiger partial charge < -0.3 is 16.0 Å². The van der Waals surface area contributed by atoms with Crippen LogP contribution in [0, 0.1) is 5.92 Å². The van der Waals surface area contributed by atoms with Crippen molar-refractivity contribution in [2.45, 2.75) is 26.3 Å². The summed E-state index contributed by atoms with van der Waals surface area (Å²) < 4.78 is 0. The summed E-state index contributed by atoms with van der Waals surface area (Å²) in [4.78, 5) is 13.5. The van der Waals surface area contributed by atoms with E-state index in [9.17, 15) is 4.79 Å². The molecular weight excluding hydrogens is 178 g/mol. The first-order chi connectivity index (χ1) is 6.45. The molecule has 4 heteroatoms. The topological polar surface area (TPSA) is 58.4 Å². The Morgan fingerprint density at radius 3 is 2.43 bits per heavy atom. The second kappa shape index (κ2) is 6.79. The number of amides is 1. The molecule has 0 saturated heterocycles. The molecule has 0 rings (SSSR count). The molecule has 14 heavy (non-hydrogen) atoms. The monoisotopic (exact) mass is 201 g/mol. The number of hydrogen-bond donors (Lipinski definition) is 2. The molecule has 1 atom stereocenters. The van der Waals surface area contributed by atoms with Crippen LogP contribution in [0.4, 0.5) is 0 Å². The van der Waals surface area contributed by atoms with Gasteiger partial charge in [0.1, 0.15) is 0 Å². The largest absolute Gasteiger partial charge is 0.355 e. The number of nitrogens with two attached hydrogens (primary N) is 1. The Balaban J connectivity index is 3.54. The van der Waals surface area contributed by atoms with Crippen molar-refractivity contribution in [2.75, 3.05) is 27.2 Å². The van der Waals surface area contributed by atoms with E-state index in [1.54, 1.807) is 0 Å². The summed E-state index contributed by atoms with van der Waals surface area (Å²) >= 11 is 0. The van der Waals surface area contributed by atoms with Crippen LogP contribution >= 0.6 is 0 Å². The van der Waals surface area contributed by atoms with Crippen molar-refractivity contribution in [3.8, 4) is 0 Å². The average molecular weight is 201 g/mol. The Bertz CT molecular complexity index is 169. The van der Waals surface area contributed by atoms with Crippen molar-refractivity contribution >= 4 is 5.91 Å². The Labute approximate surface area is 86.8 Å². The van der Waals surface area contributed by atoms with Crippen molar-refractivity contribution in [2.24, 2.45) is 11.7 Å². The molecule has 0 aliphatic carbocycles. The molecule has 0 aliphatic rings. The van der Waals surface area contributed by atoms with Crippen molar-refractivity contribution in [1.82, 2.24) is 10.2 Å². The molecule has 0 fully saturated rings. The number of nitrogens with one attached hydrogen (secondary N) is 1. The zero-order valence-electron chi connectivity index (χ0n) is 9.71. The fraction of sp³-hybridized carbons (Fsp3) is 0.900. The highest BCUT2D eigenvalue weighted by molar-refractivity contribution is 5.81. The quantitative estimate of drug-likeness (QED) is 0.596. The van der Waals surface area contributed by atoms with Crippen molar-refractivity contribution < 1.29 is 4.79 Å². The average Bonchev–Trinajstić information content (AvgIpc) is 2.10. The van der Waals surface area contributed by atoms with Gasteiger partial charge in [-0.3, -0.25) is 4.79 Å². The molecule has 0 aromatic rings. The summed E-state index contributed by atoms with van der Waals surface area (Å²) in [6.07, 6.45) is 0.962. The van der Waals surface area contributed by atoms with E-state index >= 15 is 0 Å². The standard InChI is InChI=1S/C10H23N3O/c1-8(2)9(11)10(14)12-6-5-7-13(3)4/h8-9H,5-7,11H2,1-4H3,(H,12,14)/t9-/m1/s1. The van der Waals surface area contributed by atoms with E-state index in [1.807, 2.05) is 27.9 Å². The van der Waals surface area contributed by atoms with Crippen molar-refractivity contribution in [3.05, 3.63) is 0 Å². The van der Waals surface area contributed by atoms with Gasteiger partial charge in [0.05, 0.1) is 6.04 Å². The van der Waals surface area contributed by atoms with Crippen LogP contribution in [0.3, 0.4) is 0 Å². The Morgan fingerprint density at radius 2 is 2.00 bits per heavy atom. The van der Waals surface area contributed by atoms with Crippen LogP contribution in [0.1, 0.15) is 20.3 Å². The van der Waals surface area contributed by atoms with Gasteiger partial charge in [-0.15, -0.1) is 0 Å². The van der Waals surface area contributed by atoms with Crippen LogP contribution in [-0.2, 0) is 4.79 Å². The van der Waals surface area contributed by atoms with Crippen LogP contribution in [-0.4, -0.2) is 44.0 Å². The van der Waals surface area contributed by atoms with E-state index in [0.29, 0.717) is 6.54 Å². The van der Waals surface area contributed by atoms with E-state index in [2.05, 4.69) is 10.2 Å². The fourth-order valence-electron chi connectivity index (χ4n) is 1.03. The third-order valence-electron chi connectivity index (χ3n) is 2.10. The van der Waals surface area contributed by atoms with E-state index in [4.69, 9.17) is 5.73 Å². The predicted octanol–water partition coefficient (Wildman–Crippen LogP) is 0.0376. The number of carbonyl (C=O) groups excluding carboxylic acids is 1. The van der Waals surface area contributed by atoms with Crippen LogP contribution in [0.25, 0.3) is 0 Å². The lowest BCUT2D eigenvalue weighted by atomic mass is 10.1. The molecule has 0 aliphatic heterocycles. The van der Waals surface area contributed by atoms with Crippen molar-refractivity contribution in [1.29, 1.82) is 0 Å². The third kappa shape index (κ3) is 5.94. The molecule has 0 aromatic carbocycles. The molecule has 0 saturated carbocycles. The summed E-state index contributed by atoms with van der Waals surface area (Å²) in [5, 5.41) is 2.83. The molecule has 0 heterocycles. The van der Waals surface area contributed by atoms with Gasteiger partial charge in [0.15, 0.2) is 0 Å². The van der Waals surface area contributed by atoms with E-state index in [-0.39, 0.29) is 17.9 Å². The first-order valence-corrected chi connectivity index (χ1v) is 5.13. The fourth-order valence-corrected chi connectivity index (χ4v) is 1.03. The second-order valence-electron chi connectivity index (χ2n) is 4.22. The second-order valence-corrected chi connectivity index (χ2v) is 4.22. The van der Waals surface area contributed by atoms with Gasteiger partial charge in [0.2, 0.25) is 5.91 Å². The number of carbonyl (C=O) groups is 1. The van der Waals surface area contributed by atoms with Gasteiger partial charge in [-0.05, 0) is 33.0 Å². The summed E-state index contributed by atoms with van der Waals surface area (Å²) in [6, 6.07) is -0.380. The molecule has 1 amide bonds. The number of rotatable bonds is 6. The van der Waals surface area contributed by atoms with Gasteiger partial charge in [-0.1, -0.05) is 13.8 Å². The minimum atomic E-state index is -0.380. The number of hydrogen-bond acceptors (Lipinski definition) is 3. The maximum atomic E-state index is 11.4. The SMILES string of the molecule is CC(C)[C@@H](N)C(=O)NCCCN(C)C. The maximum absolute atomic E-state index is 11.4. The first-order valence-electron chi connectivity index (χ1n) is 5.13. The van der Waals surface area contributed by atoms with E-state index in [1.165, 1.54) is 0 Å². The van der Waals surface area contributed by atoms with Crippen LogP contribution in [0.5, 0.6) is 0 Å². The van der Waals surface area contributed by atoms with Crippen molar-refractivity contribution in [3.63, 3.8) is 0 Å². The molecule has 0 radical (unpaired) electrons. The molecule has 0 unspecified atom stereocenters. The molecule has 0 spiro atoms. The van der Waals surface area contributed by atoms with Crippen LogP contribution < -0.4 is 11.1 Å². The lowest BCUT2D eigenvalue weighted by Gasteiger charge is -2.15. The van der Waals surface area contributed by atoms with Gasteiger partial charge in [-0.2, -0.15) is 0 Å². The molecular formula is C10H23N3O. The lowest BCUT2D eigenvalue weighted by molar-refractivity contribution is -0.123. The maximum Gasteiger partial charge on any atom is 0.237 e. The smallest absolute Gasteiger partial charge is 0.237 e. The minimum Gasteiger partial charge on any atom is -0.355 e. The Hall–Kier alpha value is -0.610. The molecule has 0 bridgehead atoms. The normalized spacial score (nSPS) is 13.4. The van der Waals surface area contributed by atoms with E-state index < -0.39 is 0 Å². The van der Waals surface area contributed by atoms with Crippen LogP contribution in [0.15, 0.2) is 0 Å². The summed E-state index contributed by atoms with van der Waals surface area (Å²) in [5.41, 5.74) is 5.68. The highest BCUT2D eigenvalue weighted by Crippen LogP contribution is 1.97. The van der Waals surface area contributed by atoms with Gasteiger partial charge in [0.25, 0.3) is 0 Å². The predicted molar refractivity (Wildman–Crippen MR) is 59.0 cm³/mol. The first kappa shape index (κ1) is 13.4. The highest BCUT2D eigenvalue weighted by atomic mass is 16.2. The van der Waals surface area contributed by atoms with Crippen LogP contribution in [0.2, 0.25) is 0 Å². The summed E-state index contributed by atoms with van der Waals surface area (Å²) in [7, 11) is 4.03.